The van der Waals surface area contributed by atoms with Crippen LogP contribution in [0.4, 0.5) is 0 Å². The zero-order valence-electron chi connectivity index (χ0n) is 13.7. The van der Waals surface area contributed by atoms with Crippen molar-refractivity contribution in [3.8, 4) is 17.0 Å². The monoisotopic (exact) mass is 316 g/mol. The minimum atomic E-state index is -0.371. The zero-order valence-corrected chi connectivity index (χ0v) is 13.7. The molecule has 6 nitrogen and oxygen atoms in total. The van der Waals surface area contributed by atoms with E-state index in [9.17, 15) is 4.79 Å². The second kappa shape index (κ2) is 8.33. The van der Waals surface area contributed by atoms with Gasteiger partial charge in [0.1, 0.15) is 11.4 Å². The van der Waals surface area contributed by atoms with Crippen molar-refractivity contribution in [2.24, 2.45) is 5.84 Å². The number of nitrogen functional groups attached to an aromatic ring is 1. The molecule has 0 aliphatic heterocycles. The molecule has 0 atom stereocenters. The highest BCUT2D eigenvalue weighted by atomic mass is 16.5. The van der Waals surface area contributed by atoms with Gasteiger partial charge >= 0.3 is 0 Å². The number of nitrogens with two attached hydrogens (primary N) is 1. The Morgan fingerprint density at radius 3 is 2.83 bits per heavy atom. The lowest BCUT2D eigenvalue weighted by Crippen LogP contribution is -2.30. The maximum Gasteiger partial charge on any atom is 0.269 e. The van der Waals surface area contributed by atoms with Crippen LogP contribution in [0.25, 0.3) is 11.3 Å². The fraction of sp³-hybridized carbons (Fsp3) is 0.412. The van der Waals surface area contributed by atoms with E-state index in [1.54, 1.807) is 6.92 Å². The summed E-state index contributed by atoms with van der Waals surface area (Å²) in [7, 11) is 0. The van der Waals surface area contributed by atoms with Crippen LogP contribution in [0.1, 0.15) is 48.7 Å². The summed E-state index contributed by atoms with van der Waals surface area (Å²) in [6, 6.07) is 7.59. The number of rotatable bonds is 8. The number of carbonyl (C=O) groups is 1. The van der Waals surface area contributed by atoms with E-state index in [0.29, 0.717) is 23.6 Å². The van der Waals surface area contributed by atoms with Crippen molar-refractivity contribution >= 4 is 5.91 Å². The number of nitrogens with zero attached hydrogens (tertiary/aromatic N) is 1. The normalized spacial score (nSPS) is 10.6. The molecule has 23 heavy (non-hydrogen) atoms. The number of hydrogen-bond donors (Lipinski definition) is 3. The number of amides is 1. The van der Waals surface area contributed by atoms with Gasteiger partial charge in [-0.3, -0.25) is 15.3 Å². The van der Waals surface area contributed by atoms with Gasteiger partial charge in [0.05, 0.1) is 12.2 Å². The molecule has 1 heterocycles. The second-order valence-corrected chi connectivity index (χ2v) is 5.45. The topological polar surface area (TPSA) is 93.0 Å². The van der Waals surface area contributed by atoms with Gasteiger partial charge in [-0.2, -0.15) is 5.10 Å². The Kier molecular flexibility index (Phi) is 6.17. The number of aromatic nitrogens is 2. The Hall–Kier alpha value is -2.34. The fourth-order valence-electron chi connectivity index (χ4n) is 2.47. The summed E-state index contributed by atoms with van der Waals surface area (Å²) in [5.74, 6) is 5.62. The highest BCUT2D eigenvalue weighted by Crippen LogP contribution is 2.32. The minimum Gasteiger partial charge on any atom is -0.493 e. The summed E-state index contributed by atoms with van der Waals surface area (Å²) < 4.78 is 5.90. The molecular weight excluding hydrogens is 292 g/mol. The number of aryl methyl sites for hydroxylation is 1. The number of nitrogens with one attached hydrogen (secondary N) is 2. The summed E-state index contributed by atoms with van der Waals surface area (Å²) in [6.45, 7) is 4.62. The third kappa shape index (κ3) is 4.10. The van der Waals surface area contributed by atoms with Crippen LogP contribution in [0.2, 0.25) is 0 Å². The van der Waals surface area contributed by atoms with Crippen LogP contribution >= 0.6 is 0 Å². The first-order valence-electron chi connectivity index (χ1n) is 7.97. The van der Waals surface area contributed by atoms with Gasteiger partial charge in [0.15, 0.2) is 0 Å². The van der Waals surface area contributed by atoms with E-state index in [0.717, 1.165) is 24.2 Å². The number of hydrazine groups is 1. The molecule has 0 spiro atoms. The van der Waals surface area contributed by atoms with E-state index in [-0.39, 0.29) is 5.91 Å². The highest BCUT2D eigenvalue weighted by molar-refractivity contribution is 6.01. The molecule has 124 valence electrons. The van der Waals surface area contributed by atoms with Crippen molar-refractivity contribution in [2.75, 3.05) is 6.61 Å². The third-order valence-electron chi connectivity index (χ3n) is 3.70. The standard InChI is InChI=1S/C17H24N4O2/c1-3-4-5-8-11-23-14-10-7-6-9-13(14)16-15(17(22)19-18)12(2)20-21-16/h6-7,9-10H,3-5,8,11,18H2,1-2H3,(H,19,22)(H,20,21). The van der Waals surface area contributed by atoms with E-state index in [2.05, 4.69) is 22.5 Å². The average molecular weight is 316 g/mol. The Balaban J connectivity index is 2.22. The first kappa shape index (κ1) is 17.0. The van der Waals surface area contributed by atoms with Crippen LogP contribution in [-0.2, 0) is 0 Å². The molecule has 4 N–H and O–H groups in total. The Labute approximate surface area is 136 Å². The first-order valence-corrected chi connectivity index (χ1v) is 7.97. The molecule has 0 radical (unpaired) electrons. The summed E-state index contributed by atoms with van der Waals surface area (Å²) in [5, 5.41) is 7.09. The molecule has 6 heteroatoms. The largest absolute Gasteiger partial charge is 0.493 e. The molecular formula is C17H24N4O2. The molecule has 1 aromatic heterocycles. The number of carbonyl (C=O) groups excluding carboxylic acids is 1. The minimum absolute atomic E-state index is 0.371. The van der Waals surface area contributed by atoms with Gasteiger partial charge in [-0.1, -0.05) is 38.3 Å². The van der Waals surface area contributed by atoms with Crippen molar-refractivity contribution in [1.82, 2.24) is 15.6 Å². The van der Waals surface area contributed by atoms with E-state index >= 15 is 0 Å². The predicted molar refractivity (Wildman–Crippen MR) is 90.1 cm³/mol. The molecule has 0 aliphatic carbocycles. The molecule has 0 aliphatic rings. The maximum absolute atomic E-state index is 12.0. The summed E-state index contributed by atoms with van der Waals surface area (Å²) in [6.07, 6.45) is 4.57. The van der Waals surface area contributed by atoms with Crippen LogP contribution in [0.15, 0.2) is 24.3 Å². The van der Waals surface area contributed by atoms with Gasteiger partial charge in [0.2, 0.25) is 0 Å². The zero-order chi connectivity index (χ0) is 16.7. The molecule has 1 amide bonds. The fourth-order valence-corrected chi connectivity index (χ4v) is 2.47. The van der Waals surface area contributed by atoms with Crippen molar-refractivity contribution in [1.29, 1.82) is 0 Å². The third-order valence-corrected chi connectivity index (χ3v) is 3.70. The molecule has 0 saturated carbocycles. The molecule has 2 aromatic rings. The number of hydrogen-bond acceptors (Lipinski definition) is 4. The van der Waals surface area contributed by atoms with Crippen molar-refractivity contribution in [3.63, 3.8) is 0 Å². The van der Waals surface area contributed by atoms with Gasteiger partial charge < -0.3 is 4.74 Å². The highest BCUT2D eigenvalue weighted by Gasteiger charge is 2.21. The van der Waals surface area contributed by atoms with Gasteiger partial charge in [-0.15, -0.1) is 0 Å². The molecule has 0 fully saturated rings. The summed E-state index contributed by atoms with van der Waals surface area (Å²) >= 11 is 0. The van der Waals surface area contributed by atoms with E-state index < -0.39 is 0 Å². The Morgan fingerprint density at radius 2 is 2.09 bits per heavy atom. The van der Waals surface area contributed by atoms with Crippen LogP contribution in [0, 0.1) is 6.92 Å². The Bertz CT molecular complexity index is 652. The predicted octanol–water partition coefficient (Wildman–Crippen LogP) is 2.95. The summed E-state index contributed by atoms with van der Waals surface area (Å²) in [4.78, 5) is 12.0. The van der Waals surface area contributed by atoms with Crippen molar-refractivity contribution < 1.29 is 9.53 Å². The summed E-state index contributed by atoms with van der Waals surface area (Å²) in [5.41, 5.74) is 4.60. The molecule has 1 aromatic carbocycles. The van der Waals surface area contributed by atoms with Gasteiger partial charge in [0.25, 0.3) is 5.91 Å². The molecule has 0 unspecified atom stereocenters. The van der Waals surface area contributed by atoms with Crippen LogP contribution < -0.4 is 16.0 Å². The number of unbranched alkanes of at least 4 members (excludes halogenated alkanes) is 3. The molecule has 0 saturated heterocycles. The number of para-hydroxylation sites is 1. The second-order valence-electron chi connectivity index (χ2n) is 5.45. The number of ether oxygens (including phenoxy) is 1. The quantitative estimate of drug-likeness (QED) is 0.302. The Morgan fingerprint density at radius 1 is 1.30 bits per heavy atom. The lowest BCUT2D eigenvalue weighted by molar-refractivity contribution is 0.0954. The smallest absolute Gasteiger partial charge is 0.269 e. The van der Waals surface area contributed by atoms with Crippen molar-refractivity contribution in [3.05, 3.63) is 35.5 Å². The van der Waals surface area contributed by atoms with Crippen LogP contribution in [0.3, 0.4) is 0 Å². The molecule has 2 rings (SSSR count). The number of H-pyrrole nitrogens is 1. The van der Waals surface area contributed by atoms with E-state index in [4.69, 9.17) is 10.6 Å². The maximum atomic E-state index is 12.0. The lowest BCUT2D eigenvalue weighted by Gasteiger charge is -2.11. The van der Waals surface area contributed by atoms with Gasteiger partial charge in [-0.25, -0.2) is 5.84 Å². The number of aromatic amines is 1. The van der Waals surface area contributed by atoms with Crippen molar-refractivity contribution in [2.45, 2.75) is 39.5 Å². The average Bonchev–Trinajstić information content (AvgIpc) is 2.96. The van der Waals surface area contributed by atoms with Gasteiger partial charge in [0, 0.05) is 11.3 Å². The SMILES string of the molecule is CCCCCCOc1ccccc1-c1n[nH]c(C)c1C(=O)NN. The number of benzene rings is 1. The van der Waals surface area contributed by atoms with Gasteiger partial charge in [-0.05, 0) is 25.5 Å². The first-order chi connectivity index (χ1) is 11.2. The van der Waals surface area contributed by atoms with Crippen LogP contribution in [0.5, 0.6) is 5.75 Å². The van der Waals surface area contributed by atoms with E-state index in [1.165, 1.54) is 12.8 Å². The van der Waals surface area contributed by atoms with Crippen LogP contribution in [-0.4, -0.2) is 22.7 Å². The molecule has 0 bridgehead atoms. The van der Waals surface area contributed by atoms with E-state index in [1.807, 2.05) is 24.3 Å². The lowest BCUT2D eigenvalue weighted by atomic mass is 10.0.